The number of hydrogen-bond acceptors (Lipinski definition) is 3. The normalized spacial score (nSPS) is 12.7. The summed E-state index contributed by atoms with van der Waals surface area (Å²) in [5.41, 5.74) is 5.37. The van der Waals surface area contributed by atoms with Gasteiger partial charge in [0.15, 0.2) is 0 Å². The molecule has 0 fully saturated rings. The zero-order chi connectivity index (χ0) is 9.68. The second kappa shape index (κ2) is 5.29. The van der Waals surface area contributed by atoms with Crippen LogP contribution in [0.2, 0.25) is 0 Å². The molecule has 0 aliphatic heterocycles. The highest BCUT2D eigenvalue weighted by atomic mass is 32.2. The number of rotatable bonds is 5. The van der Waals surface area contributed by atoms with Crippen LogP contribution in [0, 0.1) is 5.41 Å². The summed E-state index contributed by atoms with van der Waals surface area (Å²) in [6, 6.07) is 4.16. The Labute approximate surface area is 87.0 Å². The minimum Gasteiger partial charge on any atom is -0.388 e. The third-order valence-electron chi connectivity index (χ3n) is 1.68. The highest BCUT2D eigenvalue weighted by Gasteiger charge is 2.09. The van der Waals surface area contributed by atoms with E-state index in [4.69, 9.17) is 11.1 Å². The van der Waals surface area contributed by atoms with Gasteiger partial charge >= 0.3 is 0 Å². The van der Waals surface area contributed by atoms with E-state index in [1.54, 1.807) is 11.3 Å². The number of amidine groups is 1. The summed E-state index contributed by atoms with van der Waals surface area (Å²) in [4.78, 5) is 0. The van der Waals surface area contributed by atoms with E-state index in [1.807, 2.05) is 17.8 Å². The van der Waals surface area contributed by atoms with Gasteiger partial charge in [0.2, 0.25) is 0 Å². The molecule has 0 saturated heterocycles. The van der Waals surface area contributed by atoms with Gasteiger partial charge in [-0.05, 0) is 17.9 Å². The van der Waals surface area contributed by atoms with Gasteiger partial charge in [0.1, 0.15) is 0 Å². The molecule has 4 heteroatoms. The first-order chi connectivity index (χ1) is 6.22. The standard InChI is InChI=1S/C9H14N2S2/c1-2-7(6-8(10)11)13-9-4-3-5-12-9/h3-5,7H,2,6H2,1H3,(H3,10,11). The first-order valence-corrected chi connectivity index (χ1v) is 6.01. The second-order valence-electron chi connectivity index (χ2n) is 2.81. The minimum atomic E-state index is 0.288. The molecule has 1 unspecified atom stereocenters. The van der Waals surface area contributed by atoms with E-state index in [1.165, 1.54) is 4.21 Å². The average Bonchev–Trinajstić information content (AvgIpc) is 2.55. The molecule has 1 rings (SSSR count). The molecule has 1 aromatic heterocycles. The zero-order valence-electron chi connectivity index (χ0n) is 7.62. The predicted molar refractivity (Wildman–Crippen MR) is 60.8 cm³/mol. The number of nitrogens with two attached hydrogens (primary N) is 1. The largest absolute Gasteiger partial charge is 0.388 e. The molecule has 13 heavy (non-hydrogen) atoms. The van der Waals surface area contributed by atoms with Crippen molar-refractivity contribution in [1.29, 1.82) is 5.41 Å². The molecule has 1 atom stereocenters. The molecule has 0 aliphatic rings. The lowest BCUT2D eigenvalue weighted by Gasteiger charge is -2.11. The molecule has 0 saturated carbocycles. The molecule has 0 spiro atoms. The van der Waals surface area contributed by atoms with Crippen molar-refractivity contribution in [3.05, 3.63) is 17.5 Å². The molecule has 0 bridgehead atoms. The van der Waals surface area contributed by atoms with Crippen LogP contribution in [-0.4, -0.2) is 11.1 Å². The van der Waals surface area contributed by atoms with Crippen molar-refractivity contribution in [3.63, 3.8) is 0 Å². The maximum absolute atomic E-state index is 7.22. The van der Waals surface area contributed by atoms with Crippen molar-refractivity contribution < 1.29 is 0 Å². The van der Waals surface area contributed by atoms with Crippen molar-refractivity contribution in [2.75, 3.05) is 0 Å². The summed E-state index contributed by atoms with van der Waals surface area (Å²) >= 11 is 3.57. The molecule has 0 radical (unpaired) electrons. The molecule has 1 aromatic rings. The minimum absolute atomic E-state index is 0.288. The summed E-state index contributed by atoms with van der Waals surface area (Å²) in [6.07, 6.45) is 1.75. The van der Waals surface area contributed by atoms with Gasteiger partial charge in [-0.25, -0.2) is 0 Å². The SMILES string of the molecule is CCC(CC(=N)N)Sc1cccs1. The molecular weight excluding hydrogens is 200 g/mol. The third kappa shape index (κ3) is 3.83. The Kier molecular flexibility index (Phi) is 4.32. The van der Waals surface area contributed by atoms with Crippen LogP contribution in [0.25, 0.3) is 0 Å². The summed E-state index contributed by atoms with van der Waals surface area (Å²) in [5, 5.41) is 9.75. The number of thioether (sulfide) groups is 1. The van der Waals surface area contributed by atoms with Gasteiger partial charge < -0.3 is 5.73 Å². The van der Waals surface area contributed by atoms with Gasteiger partial charge in [-0.3, -0.25) is 5.41 Å². The van der Waals surface area contributed by atoms with E-state index in [9.17, 15) is 0 Å². The fourth-order valence-corrected chi connectivity index (χ4v) is 3.17. The van der Waals surface area contributed by atoms with Gasteiger partial charge in [-0.2, -0.15) is 0 Å². The molecule has 2 nitrogen and oxygen atoms in total. The van der Waals surface area contributed by atoms with Gasteiger partial charge in [0.05, 0.1) is 10.0 Å². The predicted octanol–water partition coefficient (Wildman–Crippen LogP) is 2.94. The Bertz CT molecular complexity index is 257. The van der Waals surface area contributed by atoms with Gasteiger partial charge in [0.25, 0.3) is 0 Å². The van der Waals surface area contributed by atoms with Crippen molar-refractivity contribution in [2.24, 2.45) is 5.73 Å². The first-order valence-electron chi connectivity index (χ1n) is 4.25. The van der Waals surface area contributed by atoms with E-state index in [0.717, 1.165) is 6.42 Å². The summed E-state index contributed by atoms with van der Waals surface area (Å²) in [7, 11) is 0. The van der Waals surface area contributed by atoms with Crippen molar-refractivity contribution in [3.8, 4) is 0 Å². The third-order valence-corrected chi connectivity index (χ3v) is 4.12. The molecule has 3 N–H and O–H groups in total. The van der Waals surface area contributed by atoms with Gasteiger partial charge in [0, 0.05) is 11.7 Å². The van der Waals surface area contributed by atoms with Crippen LogP contribution in [0.1, 0.15) is 19.8 Å². The van der Waals surface area contributed by atoms with E-state index in [2.05, 4.69) is 18.4 Å². The van der Waals surface area contributed by atoms with Gasteiger partial charge in [-0.15, -0.1) is 23.1 Å². The molecular formula is C9H14N2S2. The summed E-state index contributed by atoms with van der Waals surface area (Å²) in [6.45, 7) is 2.13. The van der Waals surface area contributed by atoms with Crippen LogP contribution in [-0.2, 0) is 0 Å². The van der Waals surface area contributed by atoms with E-state index < -0.39 is 0 Å². The van der Waals surface area contributed by atoms with Crippen LogP contribution in [0.4, 0.5) is 0 Å². The Morgan fingerprint density at radius 1 is 1.77 bits per heavy atom. The Balaban J connectivity index is 2.45. The highest BCUT2D eigenvalue weighted by Crippen LogP contribution is 2.30. The zero-order valence-corrected chi connectivity index (χ0v) is 9.25. The molecule has 0 aromatic carbocycles. The second-order valence-corrected chi connectivity index (χ2v) is 5.36. The lowest BCUT2D eigenvalue weighted by molar-refractivity contribution is 0.850. The van der Waals surface area contributed by atoms with Gasteiger partial charge in [-0.1, -0.05) is 13.0 Å². The van der Waals surface area contributed by atoms with Crippen molar-refractivity contribution >= 4 is 28.9 Å². The average molecular weight is 214 g/mol. The lowest BCUT2D eigenvalue weighted by Crippen LogP contribution is -2.16. The molecule has 1 heterocycles. The number of nitrogens with one attached hydrogen (secondary N) is 1. The quantitative estimate of drug-likeness (QED) is 0.450. The summed E-state index contributed by atoms with van der Waals surface area (Å²) in [5.74, 6) is 0.288. The Morgan fingerprint density at radius 2 is 2.54 bits per heavy atom. The maximum Gasteiger partial charge on any atom is 0.0916 e. The van der Waals surface area contributed by atoms with Crippen LogP contribution < -0.4 is 5.73 Å². The number of thiophene rings is 1. The first kappa shape index (κ1) is 10.6. The highest BCUT2D eigenvalue weighted by molar-refractivity contribution is 8.01. The van der Waals surface area contributed by atoms with Crippen LogP contribution >= 0.6 is 23.1 Å². The number of hydrogen-bond donors (Lipinski definition) is 2. The van der Waals surface area contributed by atoms with Crippen LogP contribution in [0.15, 0.2) is 21.7 Å². The molecule has 0 aliphatic carbocycles. The maximum atomic E-state index is 7.22. The summed E-state index contributed by atoms with van der Waals surface area (Å²) < 4.78 is 1.31. The van der Waals surface area contributed by atoms with Crippen LogP contribution in [0.5, 0.6) is 0 Å². The monoisotopic (exact) mass is 214 g/mol. The molecule has 0 amide bonds. The van der Waals surface area contributed by atoms with Crippen molar-refractivity contribution in [2.45, 2.75) is 29.2 Å². The molecule has 72 valence electrons. The lowest BCUT2D eigenvalue weighted by atomic mass is 10.2. The van der Waals surface area contributed by atoms with E-state index in [-0.39, 0.29) is 5.84 Å². The van der Waals surface area contributed by atoms with E-state index in [0.29, 0.717) is 11.7 Å². The Morgan fingerprint density at radius 3 is 3.00 bits per heavy atom. The smallest absolute Gasteiger partial charge is 0.0916 e. The fraction of sp³-hybridized carbons (Fsp3) is 0.444. The van der Waals surface area contributed by atoms with Crippen molar-refractivity contribution in [1.82, 2.24) is 0 Å². The van der Waals surface area contributed by atoms with E-state index >= 15 is 0 Å². The Hall–Kier alpha value is -0.480. The topological polar surface area (TPSA) is 49.9 Å². The fourth-order valence-electron chi connectivity index (χ4n) is 1.01. The van der Waals surface area contributed by atoms with Crippen LogP contribution in [0.3, 0.4) is 0 Å².